The second kappa shape index (κ2) is 15.3. The first kappa shape index (κ1) is 23.7. The number of carbonyl (C=O) groups excluding carboxylic acids is 3. The van der Waals surface area contributed by atoms with Crippen molar-refractivity contribution in [2.45, 2.75) is 77.2 Å². The molecule has 0 aromatic heterocycles. The maximum absolute atomic E-state index is 11.6. The molecule has 0 aliphatic heterocycles. The summed E-state index contributed by atoms with van der Waals surface area (Å²) in [4.78, 5) is 32.7. The SMILES string of the molecule is CCCCCCCCCC(=O)N[C@@H](CCC(=O)[O-])C(=O)[O-].[H+].[Na+]. The molecule has 6 nitrogen and oxygen atoms in total. The minimum atomic E-state index is -1.47. The van der Waals surface area contributed by atoms with Crippen LogP contribution in [0.25, 0.3) is 0 Å². The topological polar surface area (TPSA) is 109 Å². The summed E-state index contributed by atoms with van der Waals surface area (Å²) >= 11 is 0. The molecule has 0 radical (unpaired) electrons. The molecule has 0 aliphatic rings. The number of nitrogens with one attached hydrogen (secondary N) is 1. The monoisotopic (exact) mass is 323 g/mol. The normalized spacial score (nSPS) is 11.3. The summed E-state index contributed by atoms with van der Waals surface area (Å²) < 4.78 is 0. The first-order valence-electron chi connectivity index (χ1n) is 7.67. The van der Waals surface area contributed by atoms with E-state index in [1.165, 1.54) is 19.3 Å². The summed E-state index contributed by atoms with van der Waals surface area (Å²) in [5, 5.41) is 23.4. The maximum atomic E-state index is 11.6. The maximum Gasteiger partial charge on any atom is 1.00 e. The Morgan fingerprint density at radius 2 is 1.50 bits per heavy atom. The van der Waals surface area contributed by atoms with Crippen LogP contribution >= 0.6 is 0 Å². The van der Waals surface area contributed by atoms with Crippen LogP contribution in [0.4, 0.5) is 0 Å². The van der Waals surface area contributed by atoms with E-state index in [-0.39, 0.29) is 49.7 Å². The minimum absolute atomic E-state index is 0. The second-order valence-corrected chi connectivity index (χ2v) is 5.22. The fourth-order valence-corrected chi connectivity index (χ4v) is 2.02. The number of carboxylic acid groups (broad SMARTS) is 2. The first-order chi connectivity index (χ1) is 9.97. The van der Waals surface area contributed by atoms with Crippen molar-refractivity contribution in [3.63, 3.8) is 0 Å². The Morgan fingerprint density at radius 3 is 2.00 bits per heavy atom. The number of hydrogen-bond donors (Lipinski definition) is 1. The van der Waals surface area contributed by atoms with Crippen LogP contribution in [0.2, 0.25) is 0 Å². The van der Waals surface area contributed by atoms with Crippen LogP contribution in [0.3, 0.4) is 0 Å². The molecule has 0 heterocycles. The van der Waals surface area contributed by atoms with Crippen molar-refractivity contribution in [2.75, 3.05) is 0 Å². The van der Waals surface area contributed by atoms with Crippen LogP contribution in [0.15, 0.2) is 0 Å². The average Bonchev–Trinajstić information content (AvgIpc) is 2.41. The first-order valence-corrected chi connectivity index (χ1v) is 7.67. The van der Waals surface area contributed by atoms with E-state index in [0.29, 0.717) is 6.42 Å². The van der Waals surface area contributed by atoms with Crippen molar-refractivity contribution in [1.82, 2.24) is 5.32 Å². The number of carboxylic acids is 2. The van der Waals surface area contributed by atoms with Gasteiger partial charge in [-0.3, -0.25) is 4.79 Å². The summed E-state index contributed by atoms with van der Waals surface area (Å²) in [5.74, 6) is -3.19. The van der Waals surface area contributed by atoms with Crippen molar-refractivity contribution in [1.29, 1.82) is 0 Å². The molecule has 0 aliphatic carbocycles. The predicted molar refractivity (Wildman–Crippen MR) is 74.9 cm³/mol. The van der Waals surface area contributed by atoms with E-state index >= 15 is 0 Å². The summed E-state index contributed by atoms with van der Waals surface area (Å²) in [5.41, 5.74) is 0. The van der Waals surface area contributed by atoms with Gasteiger partial charge < -0.3 is 25.1 Å². The molecule has 22 heavy (non-hydrogen) atoms. The molecule has 0 rings (SSSR count). The Labute approximate surface area is 155 Å². The largest absolute Gasteiger partial charge is 1.00 e. The van der Waals surface area contributed by atoms with Crippen LogP contribution in [0, 0.1) is 0 Å². The molecule has 1 amide bonds. The molecular weight excluding hydrogens is 297 g/mol. The van der Waals surface area contributed by atoms with Crippen LogP contribution < -0.4 is 45.1 Å². The molecule has 0 saturated carbocycles. The average molecular weight is 323 g/mol. The summed E-state index contributed by atoms with van der Waals surface area (Å²) in [6, 6.07) is -1.26. The van der Waals surface area contributed by atoms with Crippen molar-refractivity contribution in [3.8, 4) is 0 Å². The Kier molecular flexibility index (Phi) is 16.5. The molecule has 0 aromatic rings. The van der Waals surface area contributed by atoms with Gasteiger partial charge in [0.15, 0.2) is 0 Å². The van der Waals surface area contributed by atoms with Gasteiger partial charge in [0.25, 0.3) is 0 Å². The summed E-state index contributed by atoms with van der Waals surface area (Å²) in [6.45, 7) is 2.15. The molecule has 0 unspecified atom stereocenters. The number of amides is 1. The van der Waals surface area contributed by atoms with Gasteiger partial charge in [0.1, 0.15) is 0 Å². The van der Waals surface area contributed by atoms with E-state index in [0.717, 1.165) is 19.3 Å². The van der Waals surface area contributed by atoms with Gasteiger partial charge in [-0.2, -0.15) is 0 Å². The van der Waals surface area contributed by atoms with Crippen LogP contribution in [0.5, 0.6) is 0 Å². The number of hydrogen-bond acceptors (Lipinski definition) is 5. The quantitative estimate of drug-likeness (QED) is 0.287. The van der Waals surface area contributed by atoms with E-state index in [9.17, 15) is 24.6 Å². The number of aliphatic carboxylic acids is 2. The van der Waals surface area contributed by atoms with E-state index in [1.807, 2.05) is 0 Å². The molecule has 122 valence electrons. The Morgan fingerprint density at radius 1 is 0.955 bits per heavy atom. The van der Waals surface area contributed by atoms with Gasteiger partial charge in [-0.1, -0.05) is 45.4 Å². The summed E-state index contributed by atoms with van der Waals surface area (Å²) in [6.07, 6.45) is 7.12. The number of unbranched alkanes of at least 4 members (excludes halogenated alkanes) is 6. The molecular formula is C15H26NNaO5. The van der Waals surface area contributed by atoms with Gasteiger partial charge in [0, 0.05) is 12.4 Å². The van der Waals surface area contributed by atoms with Gasteiger partial charge >= 0.3 is 31.0 Å². The van der Waals surface area contributed by atoms with Crippen molar-refractivity contribution >= 4 is 17.8 Å². The molecule has 1 atom stereocenters. The molecule has 0 aromatic carbocycles. The zero-order valence-electron chi connectivity index (χ0n) is 14.7. The van der Waals surface area contributed by atoms with Gasteiger partial charge in [0.2, 0.25) is 5.91 Å². The van der Waals surface area contributed by atoms with E-state index in [2.05, 4.69) is 12.2 Å². The Hall–Kier alpha value is -0.590. The molecule has 0 saturated heterocycles. The fourth-order valence-electron chi connectivity index (χ4n) is 2.02. The minimum Gasteiger partial charge on any atom is -0.550 e. The third-order valence-electron chi connectivity index (χ3n) is 3.26. The molecule has 0 fully saturated rings. The van der Waals surface area contributed by atoms with Gasteiger partial charge in [-0.05, 0) is 19.3 Å². The van der Waals surface area contributed by atoms with Gasteiger partial charge in [-0.15, -0.1) is 0 Å². The third-order valence-corrected chi connectivity index (χ3v) is 3.26. The van der Waals surface area contributed by atoms with Crippen molar-refractivity contribution in [2.24, 2.45) is 0 Å². The molecule has 0 bridgehead atoms. The second-order valence-electron chi connectivity index (χ2n) is 5.22. The third kappa shape index (κ3) is 14.4. The molecule has 0 spiro atoms. The Bertz CT molecular complexity index is 342. The predicted octanol–water partition coefficient (Wildman–Crippen LogP) is -2.99. The molecule has 1 N–H and O–H groups in total. The van der Waals surface area contributed by atoms with Gasteiger partial charge in [-0.25, -0.2) is 0 Å². The van der Waals surface area contributed by atoms with E-state index in [1.54, 1.807) is 0 Å². The summed E-state index contributed by atoms with van der Waals surface area (Å²) in [7, 11) is 0. The zero-order chi connectivity index (χ0) is 16.1. The van der Waals surface area contributed by atoms with Crippen LogP contribution in [0.1, 0.15) is 72.6 Å². The zero-order valence-corrected chi connectivity index (χ0v) is 15.7. The fraction of sp³-hybridized carbons (Fsp3) is 0.800. The van der Waals surface area contributed by atoms with Crippen LogP contribution in [-0.2, 0) is 14.4 Å². The molecule has 7 heteroatoms. The van der Waals surface area contributed by atoms with E-state index in [4.69, 9.17) is 0 Å². The van der Waals surface area contributed by atoms with Crippen LogP contribution in [-0.4, -0.2) is 23.9 Å². The number of carbonyl (C=O) groups is 3. The standard InChI is InChI=1S/C15H27NO5.Na/c1-2-3-4-5-6-7-8-9-13(17)16-12(15(20)21)10-11-14(18)19;/h12H,2-11H2,1H3,(H,16,17)(H,18,19)(H,20,21);/q;+1/p-1/t12-;/m0./s1. The van der Waals surface area contributed by atoms with Gasteiger partial charge in [0.05, 0.1) is 12.0 Å². The van der Waals surface area contributed by atoms with E-state index < -0.39 is 24.4 Å². The Balaban J connectivity index is -0.00000200. The van der Waals surface area contributed by atoms with Crippen molar-refractivity contribution in [3.05, 3.63) is 0 Å². The number of rotatable bonds is 13. The smallest absolute Gasteiger partial charge is 0.550 e. The van der Waals surface area contributed by atoms with Crippen molar-refractivity contribution < 1.29 is 55.6 Å².